The second-order valence-corrected chi connectivity index (χ2v) is 6.27. The number of hydrogen-bond acceptors (Lipinski definition) is 4. The third-order valence-corrected chi connectivity index (χ3v) is 4.98. The number of rotatable bonds is 5. The van der Waals surface area contributed by atoms with E-state index >= 15 is 0 Å². The van der Waals surface area contributed by atoms with Crippen molar-refractivity contribution in [2.24, 2.45) is 5.73 Å². The number of carbonyl (C=O) groups is 1. The van der Waals surface area contributed by atoms with Crippen molar-refractivity contribution in [3.8, 4) is 0 Å². The van der Waals surface area contributed by atoms with Gasteiger partial charge in [0.25, 0.3) is 0 Å². The third kappa shape index (κ3) is 4.25. The predicted octanol–water partition coefficient (Wildman–Crippen LogP) is 4.26. The topological polar surface area (TPSA) is 78.1 Å². The van der Waals surface area contributed by atoms with Gasteiger partial charge >= 0.3 is 0 Å². The lowest BCUT2D eigenvalue weighted by Crippen LogP contribution is -2.14. The van der Waals surface area contributed by atoms with Gasteiger partial charge in [0.1, 0.15) is 11.6 Å². The molecule has 0 heterocycles. The minimum absolute atomic E-state index is 0. The molecule has 2 aromatic rings. The Kier molecular flexibility index (Phi) is 7.05. The fourth-order valence-electron chi connectivity index (χ4n) is 2.25. The largest absolute Gasteiger partial charge is 0.366 e. The predicted molar refractivity (Wildman–Crippen MR) is 92.7 cm³/mol. The van der Waals surface area contributed by atoms with E-state index in [0.717, 1.165) is 10.5 Å². The van der Waals surface area contributed by atoms with E-state index in [4.69, 9.17) is 5.73 Å². The molecule has 0 fully saturated rings. The lowest BCUT2D eigenvalue weighted by molar-refractivity contribution is 0.0997. The molecule has 5 N–H and O–H groups in total. The average Bonchev–Trinajstić information content (AvgIpc) is 2.50. The van der Waals surface area contributed by atoms with Gasteiger partial charge in [-0.15, -0.1) is 23.5 Å². The van der Waals surface area contributed by atoms with Crippen molar-refractivity contribution in [1.82, 2.24) is 6.15 Å². The Morgan fingerprint density at radius 1 is 1.13 bits per heavy atom. The first-order valence-corrected chi connectivity index (χ1v) is 8.90. The van der Waals surface area contributed by atoms with Gasteiger partial charge in [-0.1, -0.05) is 6.07 Å². The molecule has 0 spiro atoms. The van der Waals surface area contributed by atoms with Gasteiger partial charge in [0, 0.05) is 21.8 Å². The Hall–Kier alpha value is -1.57. The molecule has 0 atom stereocenters. The monoisotopic (exact) mass is 356 g/mol. The van der Waals surface area contributed by atoms with Gasteiger partial charge in [-0.2, -0.15) is 0 Å². The highest BCUT2D eigenvalue weighted by Crippen LogP contribution is 2.31. The Morgan fingerprint density at radius 3 is 2.39 bits per heavy atom. The maximum absolute atomic E-state index is 14.2. The summed E-state index contributed by atoms with van der Waals surface area (Å²) >= 11 is 2.68. The van der Waals surface area contributed by atoms with E-state index in [0.29, 0.717) is 16.0 Å². The third-order valence-electron chi connectivity index (χ3n) is 3.29. The Labute approximate surface area is 142 Å². The summed E-state index contributed by atoms with van der Waals surface area (Å²) in [6.45, 7) is 0. The van der Waals surface area contributed by atoms with Gasteiger partial charge in [-0.05, 0) is 42.3 Å². The van der Waals surface area contributed by atoms with E-state index in [1.54, 1.807) is 12.3 Å². The number of benzene rings is 2. The second-order valence-electron chi connectivity index (χ2n) is 4.60. The lowest BCUT2D eigenvalue weighted by atomic mass is 10.0. The molecule has 0 aliphatic carbocycles. The van der Waals surface area contributed by atoms with Crippen molar-refractivity contribution in [2.75, 3.05) is 12.5 Å². The molecule has 1 amide bonds. The number of carbonyl (C=O) groups excluding carboxylic acids is 1. The molecule has 0 unspecified atom stereocenters. The lowest BCUT2D eigenvalue weighted by Gasteiger charge is -2.14. The molecule has 0 aromatic heterocycles. The molecule has 0 aliphatic rings. The molecular formula is C16H18F2N2OS2. The van der Waals surface area contributed by atoms with E-state index in [2.05, 4.69) is 0 Å². The summed E-state index contributed by atoms with van der Waals surface area (Å²) in [4.78, 5) is 12.8. The van der Waals surface area contributed by atoms with E-state index in [1.807, 2.05) is 6.26 Å². The van der Waals surface area contributed by atoms with Crippen LogP contribution in [0.1, 0.15) is 21.5 Å². The van der Waals surface area contributed by atoms with Crippen LogP contribution in [0.25, 0.3) is 0 Å². The van der Waals surface area contributed by atoms with Crippen molar-refractivity contribution in [3.05, 3.63) is 58.7 Å². The smallest absolute Gasteiger partial charge is 0.249 e. The molecule has 23 heavy (non-hydrogen) atoms. The summed E-state index contributed by atoms with van der Waals surface area (Å²) in [6, 6.07) is 7.06. The second kappa shape index (κ2) is 8.33. The van der Waals surface area contributed by atoms with Gasteiger partial charge in [-0.25, -0.2) is 8.78 Å². The molecule has 0 radical (unpaired) electrons. The maximum atomic E-state index is 14.2. The fraction of sp³-hybridized carbons (Fsp3) is 0.188. The number of halogens is 2. The highest BCUT2D eigenvalue weighted by molar-refractivity contribution is 7.99. The highest BCUT2D eigenvalue weighted by atomic mass is 32.2. The first kappa shape index (κ1) is 19.5. The minimum atomic E-state index is -0.588. The molecule has 0 saturated heterocycles. The van der Waals surface area contributed by atoms with Crippen LogP contribution < -0.4 is 11.9 Å². The number of hydrogen-bond donors (Lipinski definition) is 2. The zero-order chi connectivity index (χ0) is 16.3. The van der Waals surface area contributed by atoms with E-state index in [1.165, 1.54) is 47.8 Å². The quantitative estimate of drug-likeness (QED) is 0.785. The van der Waals surface area contributed by atoms with Crippen LogP contribution in [0.2, 0.25) is 0 Å². The van der Waals surface area contributed by atoms with Crippen LogP contribution in [0.15, 0.2) is 40.1 Å². The molecule has 124 valence electrons. The molecule has 3 nitrogen and oxygen atoms in total. The molecule has 2 rings (SSSR count). The number of amides is 1. The summed E-state index contributed by atoms with van der Waals surface area (Å²) < 4.78 is 27.5. The van der Waals surface area contributed by atoms with Crippen molar-refractivity contribution >= 4 is 29.4 Å². The number of primary amides is 1. The van der Waals surface area contributed by atoms with Crippen LogP contribution in [-0.2, 0) is 6.42 Å². The Bertz CT molecular complexity index is 723. The van der Waals surface area contributed by atoms with Crippen LogP contribution in [-0.4, -0.2) is 18.4 Å². The van der Waals surface area contributed by atoms with Crippen molar-refractivity contribution in [1.29, 1.82) is 0 Å². The van der Waals surface area contributed by atoms with Crippen LogP contribution in [0, 0.1) is 11.6 Å². The standard InChI is InChI=1S/C16H15F2NOS2.H3N/c1-21-14-8-10(17)4-3-9(14)7-12-13(18)6-5-11(16(19)20)15(12)22-2;/h3-6,8H,7H2,1-2H3,(H2,19,20);1H3. The van der Waals surface area contributed by atoms with Crippen LogP contribution in [0.5, 0.6) is 0 Å². The van der Waals surface area contributed by atoms with Gasteiger partial charge in [0.2, 0.25) is 5.91 Å². The van der Waals surface area contributed by atoms with E-state index in [9.17, 15) is 13.6 Å². The van der Waals surface area contributed by atoms with E-state index < -0.39 is 11.7 Å². The maximum Gasteiger partial charge on any atom is 0.249 e. The normalized spacial score (nSPS) is 10.3. The highest BCUT2D eigenvalue weighted by Gasteiger charge is 2.17. The number of nitrogens with two attached hydrogens (primary N) is 1. The summed E-state index contributed by atoms with van der Waals surface area (Å²) in [7, 11) is 0. The number of thioether (sulfide) groups is 2. The first-order chi connectivity index (χ1) is 10.5. The van der Waals surface area contributed by atoms with Crippen LogP contribution >= 0.6 is 23.5 Å². The summed E-state index contributed by atoms with van der Waals surface area (Å²) in [5.74, 6) is -1.31. The molecule has 0 bridgehead atoms. The van der Waals surface area contributed by atoms with Gasteiger partial charge in [0.05, 0.1) is 5.56 Å². The van der Waals surface area contributed by atoms with Gasteiger partial charge in [-0.3, -0.25) is 4.79 Å². The van der Waals surface area contributed by atoms with Gasteiger partial charge < -0.3 is 11.9 Å². The van der Waals surface area contributed by atoms with E-state index in [-0.39, 0.29) is 18.4 Å². The van der Waals surface area contributed by atoms with Crippen molar-refractivity contribution < 1.29 is 13.6 Å². The van der Waals surface area contributed by atoms with Crippen LogP contribution in [0.3, 0.4) is 0 Å². The zero-order valence-corrected chi connectivity index (χ0v) is 14.5. The Morgan fingerprint density at radius 2 is 1.83 bits per heavy atom. The van der Waals surface area contributed by atoms with Crippen molar-refractivity contribution in [2.45, 2.75) is 16.2 Å². The fourth-order valence-corrected chi connectivity index (χ4v) is 3.69. The Balaban J connectivity index is 0.00000264. The molecular weight excluding hydrogens is 338 g/mol. The molecule has 0 aliphatic heterocycles. The van der Waals surface area contributed by atoms with Gasteiger partial charge in [0.15, 0.2) is 0 Å². The average molecular weight is 356 g/mol. The minimum Gasteiger partial charge on any atom is -0.366 e. The first-order valence-electron chi connectivity index (χ1n) is 6.45. The zero-order valence-electron chi connectivity index (χ0n) is 12.9. The summed E-state index contributed by atoms with van der Waals surface area (Å²) in [5.41, 5.74) is 6.87. The summed E-state index contributed by atoms with van der Waals surface area (Å²) in [6.07, 6.45) is 3.88. The van der Waals surface area contributed by atoms with Crippen LogP contribution in [0.4, 0.5) is 8.78 Å². The SMILES string of the molecule is CSc1cc(F)ccc1Cc1c(F)ccc(C(N)=O)c1SC.N. The molecule has 0 saturated carbocycles. The van der Waals surface area contributed by atoms with Crippen molar-refractivity contribution in [3.63, 3.8) is 0 Å². The summed E-state index contributed by atoms with van der Waals surface area (Å²) in [5, 5.41) is 0. The molecule has 2 aromatic carbocycles. The molecule has 7 heteroatoms.